The first-order valence-corrected chi connectivity index (χ1v) is 8.48. The lowest BCUT2D eigenvalue weighted by Crippen LogP contribution is -2.27. The van der Waals surface area contributed by atoms with Crippen molar-refractivity contribution in [1.29, 1.82) is 0 Å². The number of pyridine rings is 2. The first-order valence-electron chi connectivity index (χ1n) is 8.48. The Morgan fingerprint density at radius 1 is 1.08 bits per heavy atom. The zero-order valence-corrected chi connectivity index (χ0v) is 15.1. The monoisotopic (exact) mass is 347 g/mol. The summed E-state index contributed by atoms with van der Waals surface area (Å²) in [5, 5.41) is 2.84. The fraction of sp³-hybridized carbons (Fsp3) is 0.190. The van der Waals surface area contributed by atoms with Crippen LogP contribution in [-0.2, 0) is 7.05 Å². The van der Waals surface area contributed by atoms with Crippen LogP contribution in [0.25, 0.3) is 11.1 Å². The second-order valence-corrected chi connectivity index (χ2v) is 6.53. The van der Waals surface area contributed by atoms with Gasteiger partial charge in [0.15, 0.2) is 0 Å². The second-order valence-electron chi connectivity index (χ2n) is 6.53. The Balaban J connectivity index is 1.96. The molecule has 26 heavy (non-hydrogen) atoms. The molecule has 0 aliphatic heterocycles. The maximum atomic E-state index is 12.7. The number of anilines is 1. The molecule has 0 fully saturated rings. The summed E-state index contributed by atoms with van der Waals surface area (Å²) in [7, 11) is 1.64. The summed E-state index contributed by atoms with van der Waals surface area (Å²) in [6.07, 6.45) is 5.07. The van der Waals surface area contributed by atoms with E-state index in [9.17, 15) is 9.59 Å². The van der Waals surface area contributed by atoms with E-state index in [4.69, 9.17) is 0 Å². The highest BCUT2D eigenvalue weighted by atomic mass is 16.2. The minimum atomic E-state index is -0.414. The molecular weight excluding hydrogens is 326 g/mol. The third kappa shape index (κ3) is 3.72. The zero-order chi connectivity index (χ0) is 18.7. The number of nitrogens with zero attached hydrogens (tertiary/aromatic N) is 2. The molecule has 0 saturated heterocycles. The van der Waals surface area contributed by atoms with Crippen molar-refractivity contribution in [2.45, 2.75) is 19.8 Å². The minimum Gasteiger partial charge on any atom is -0.322 e. The molecule has 0 saturated carbocycles. The molecule has 5 nitrogen and oxygen atoms in total. The van der Waals surface area contributed by atoms with Crippen LogP contribution in [0.4, 0.5) is 5.69 Å². The second kappa shape index (κ2) is 7.35. The Morgan fingerprint density at radius 3 is 2.50 bits per heavy atom. The molecule has 2 aromatic heterocycles. The van der Waals surface area contributed by atoms with Gasteiger partial charge in [0.05, 0.1) is 0 Å². The standard InChI is InChI=1S/C21H21N3O2/c1-14(2)16-5-4-6-18(11-16)23-20(25)19-12-17(13-24(3)21(19)26)15-7-9-22-10-8-15/h4-14H,1-3H3,(H,23,25). The van der Waals surface area contributed by atoms with Crippen LogP contribution in [0.2, 0.25) is 0 Å². The van der Waals surface area contributed by atoms with Crippen LogP contribution in [0.5, 0.6) is 0 Å². The van der Waals surface area contributed by atoms with Gasteiger partial charge in [-0.05, 0) is 52.9 Å². The molecule has 132 valence electrons. The van der Waals surface area contributed by atoms with Crippen LogP contribution in [0.1, 0.15) is 35.7 Å². The minimum absolute atomic E-state index is 0.108. The summed E-state index contributed by atoms with van der Waals surface area (Å²) < 4.78 is 1.43. The van der Waals surface area contributed by atoms with Gasteiger partial charge in [-0.25, -0.2) is 0 Å². The molecule has 0 unspecified atom stereocenters. The quantitative estimate of drug-likeness (QED) is 0.780. The number of hydrogen-bond acceptors (Lipinski definition) is 3. The number of amides is 1. The number of nitrogens with one attached hydrogen (secondary N) is 1. The normalized spacial score (nSPS) is 10.8. The SMILES string of the molecule is CC(C)c1cccc(NC(=O)c2cc(-c3ccncc3)cn(C)c2=O)c1. The van der Waals surface area contributed by atoms with E-state index >= 15 is 0 Å². The molecule has 0 aliphatic carbocycles. The van der Waals surface area contributed by atoms with E-state index in [2.05, 4.69) is 24.1 Å². The van der Waals surface area contributed by atoms with E-state index in [0.29, 0.717) is 11.6 Å². The summed E-state index contributed by atoms with van der Waals surface area (Å²) in [6, 6.07) is 13.0. The van der Waals surface area contributed by atoms with Gasteiger partial charge in [0.25, 0.3) is 11.5 Å². The molecule has 0 bridgehead atoms. The van der Waals surface area contributed by atoms with Crippen LogP contribution in [-0.4, -0.2) is 15.5 Å². The van der Waals surface area contributed by atoms with Crippen LogP contribution in [0.15, 0.2) is 65.8 Å². The fourth-order valence-corrected chi connectivity index (χ4v) is 2.75. The molecule has 1 amide bonds. The van der Waals surface area contributed by atoms with Crippen LogP contribution in [0.3, 0.4) is 0 Å². The lowest BCUT2D eigenvalue weighted by atomic mass is 10.0. The highest BCUT2D eigenvalue weighted by molar-refractivity contribution is 6.04. The number of hydrogen-bond donors (Lipinski definition) is 1. The Hall–Kier alpha value is -3.21. The van der Waals surface area contributed by atoms with E-state index in [1.807, 2.05) is 36.4 Å². The third-order valence-corrected chi connectivity index (χ3v) is 4.25. The highest BCUT2D eigenvalue weighted by Gasteiger charge is 2.15. The smallest absolute Gasteiger partial charge is 0.263 e. The van der Waals surface area contributed by atoms with Gasteiger partial charge in [-0.1, -0.05) is 26.0 Å². The van der Waals surface area contributed by atoms with Crippen molar-refractivity contribution in [1.82, 2.24) is 9.55 Å². The molecule has 3 aromatic rings. The molecule has 0 spiro atoms. The van der Waals surface area contributed by atoms with Gasteiger partial charge < -0.3 is 9.88 Å². The predicted molar refractivity (Wildman–Crippen MR) is 103 cm³/mol. The zero-order valence-electron chi connectivity index (χ0n) is 15.1. The van der Waals surface area contributed by atoms with Gasteiger partial charge in [-0.3, -0.25) is 14.6 Å². The maximum absolute atomic E-state index is 12.7. The van der Waals surface area contributed by atoms with Crippen LogP contribution >= 0.6 is 0 Å². The first-order chi connectivity index (χ1) is 12.5. The molecule has 2 heterocycles. The number of benzene rings is 1. The van der Waals surface area contributed by atoms with Crippen molar-refractivity contribution in [3.05, 3.63) is 82.5 Å². The lowest BCUT2D eigenvalue weighted by molar-refractivity contribution is 0.102. The van der Waals surface area contributed by atoms with E-state index < -0.39 is 5.91 Å². The van der Waals surface area contributed by atoms with E-state index in [1.165, 1.54) is 4.57 Å². The van der Waals surface area contributed by atoms with E-state index in [1.54, 1.807) is 31.7 Å². The predicted octanol–water partition coefficient (Wildman–Crippen LogP) is 3.82. The first kappa shape index (κ1) is 17.6. The van der Waals surface area contributed by atoms with Gasteiger partial charge >= 0.3 is 0 Å². The van der Waals surface area contributed by atoms with Crippen LogP contribution < -0.4 is 10.9 Å². The fourth-order valence-electron chi connectivity index (χ4n) is 2.75. The van der Waals surface area contributed by atoms with E-state index in [0.717, 1.165) is 16.7 Å². The molecule has 3 rings (SSSR count). The third-order valence-electron chi connectivity index (χ3n) is 4.25. The summed E-state index contributed by atoms with van der Waals surface area (Å²) in [5.41, 5.74) is 3.26. The summed E-state index contributed by atoms with van der Waals surface area (Å²) in [5.74, 6) is -0.0582. The highest BCUT2D eigenvalue weighted by Crippen LogP contribution is 2.20. The number of aryl methyl sites for hydroxylation is 1. The van der Waals surface area contributed by atoms with Gasteiger partial charge in [-0.15, -0.1) is 0 Å². The van der Waals surface area contributed by atoms with Crippen molar-refractivity contribution in [2.75, 3.05) is 5.32 Å². The van der Waals surface area contributed by atoms with Gasteiger partial charge in [0.2, 0.25) is 0 Å². The lowest BCUT2D eigenvalue weighted by Gasteiger charge is -2.11. The largest absolute Gasteiger partial charge is 0.322 e. The molecule has 0 radical (unpaired) electrons. The molecule has 0 aliphatic rings. The van der Waals surface area contributed by atoms with E-state index in [-0.39, 0.29) is 11.1 Å². The van der Waals surface area contributed by atoms with Gasteiger partial charge in [-0.2, -0.15) is 0 Å². The van der Waals surface area contributed by atoms with Crippen molar-refractivity contribution in [2.24, 2.45) is 7.05 Å². The van der Waals surface area contributed by atoms with Crippen molar-refractivity contribution >= 4 is 11.6 Å². The maximum Gasteiger partial charge on any atom is 0.263 e. The molecular formula is C21H21N3O2. The summed E-state index contributed by atoms with van der Waals surface area (Å²) >= 11 is 0. The molecule has 0 atom stereocenters. The summed E-state index contributed by atoms with van der Waals surface area (Å²) in [4.78, 5) is 29.2. The van der Waals surface area contributed by atoms with Crippen molar-refractivity contribution < 1.29 is 4.79 Å². The van der Waals surface area contributed by atoms with Crippen molar-refractivity contribution in [3.63, 3.8) is 0 Å². The van der Waals surface area contributed by atoms with Crippen molar-refractivity contribution in [3.8, 4) is 11.1 Å². The Morgan fingerprint density at radius 2 is 1.81 bits per heavy atom. The summed E-state index contributed by atoms with van der Waals surface area (Å²) in [6.45, 7) is 4.18. The average molecular weight is 347 g/mol. The van der Waals surface area contributed by atoms with Crippen LogP contribution in [0, 0.1) is 0 Å². The Kier molecular flexibility index (Phi) is 4.98. The molecule has 5 heteroatoms. The number of carbonyl (C=O) groups is 1. The topological polar surface area (TPSA) is 64.0 Å². The number of aromatic nitrogens is 2. The Labute approximate surface area is 152 Å². The van der Waals surface area contributed by atoms with Gasteiger partial charge in [0.1, 0.15) is 5.56 Å². The average Bonchev–Trinajstić information content (AvgIpc) is 2.64. The molecule has 1 N–H and O–H groups in total. The molecule has 1 aromatic carbocycles. The van der Waals surface area contributed by atoms with Gasteiger partial charge in [0, 0.05) is 31.3 Å². The number of carbonyl (C=O) groups excluding carboxylic acids is 1. The number of rotatable bonds is 4. The Bertz CT molecular complexity index is 992.